The highest BCUT2D eigenvalue weighted by atomic mass is 16.1. The van der Waals surface area contributed by atoms with Gasteiger partial charge in [0, 0.05) is 30.5 Å². The first-order chi connectivity index (χ1) is 8.31. The van der Waals surface area contributed by atoms with Crippen molar-refractivity contribution in [2.75, 3.05) is 0 Å². The minimum atomic E-state index is -0.0584. The van der Waals surface area contributed by atoms with Crippen LogP contribution >= 0.6 is 0 Å². The molecule has 0 aromatic carbocycles. The Morgan fingerprint density at radius 1 is 1.24 bits per heavy atom. The van der Waals surface area contributed by atoms with Crippen LogP contribution in [0.3, 0.4) is 0 Å². The van der Waals surface area contributed by atoms with E-state index in [0.717, 1.165) is 12.8 Å². The summed E-state index contributed by atoms with van der Waals surface area (Å²) in [6, 6.07) is 1.47. The Morgan fingerprint density at radius 3 is 2.53 bits per heavy atom. The first kappa shape index (κ1) is 10.7. The molecule has 2 fully saturated rings. The average Bonchev–Trinajstić information content (AvgIpc) is 2.70. The molecule has 2 bridgehead atoms. The SMILES string of the molecule is O=C(NC1CC2CCC(C1)N2)c1cncnc1. The Labute approximate surface area is 100 Å². The lowest BCUT2D eigenvalue weighted by atomic mass is 9.99. The van der Waals surface area contributed by atoms with E-state index < -0.39 is 0 Å². The van der Waals surface area contributed by atoms with Gasteiger partial charge in [-0.2, -0.15) is 0 Å². The van der Waals surface area contributed by atoms with Crippen molar-refractivity contribution in [2.45, 2.75) is 43.8 Å². The lowest BCUT2D eigenvalue weighted by Gasteiger charge is -2.29. The van der Waals surface area contributed by atoms with Crippen LogP contribution in [0.25, 0.3) is 0 Å². The van der Waals surface area contributed by atoms with E-state index in [1.54, 1.807) is 12.4 Å². The first-order valence-electron chi connectivity index (χ1n) is 6.13. The molecular formula is C12H16N4O. The average molecular weight is 232 g/mol. The molecule has 5 heteroatoms. The van der Waals surface area contributed by atoms with Crippen LogP contribution in [-0.2, 0) is 0 Å². The van der Waals surface area contributed by atoms with Crippen molar-refractivity contribution in [3.8, 4) is 0 Å². The molecular weight excluding hydrogens is 216 g/mol. The zero-order valence-corrected chi connectivity index (χ0v) is 9.60. The molecule has 1 aromatic rings. The van der Waals surface area contributed by atoms with E-state index in [0.29, 0.717) is 23.7 Å². The Morgan fingerprint density at radius 2 is 1.88 bits per heavy atom. The Hall–Kier alpha value is -1.49. The van der Waals surface area contributed by atoms with Crippen LogP contribution in [0.1, 0.15) is 36.0 Å². The quantitative estimate of drug-likeness (QED) is 0.778. The summed E-state index contributed by atoms with van der Waals surface area (Å²) in [4.78, 5) is 19.6. The molecule has 0 radical (unpaired) electrons. The highest BCUT2D eigenvalue weighted by Crippen LogP contribution is 2.26. The second kappa shape index (κ2) is 4.41. The van der Waals surface area contributed by atoms with Crippen molar-refractivity contribution in [1.29, 1.82) is 0 Å². The van der Waals surface area contributed by atoms with Gasteiger partial charge in [-0.25, -0.2) is 9.97 Å². The van der Waals surface area contributed by atoms with Gasteiger partial charge in [0.25, 0.3) is 5.91 Å². The van der Waals surface area contributed by atoms with Crippen molar-refractivity contribution < 1.29 is 4.79 Å². The molecule has 1 amide bonds. The largest absolute Gasteiger partial charge is 0.349 e. The van der Waals surface area contributed by atoms with Crippen molar-refractivity contribution >= 4 is 5.91 Å². The smallest absolute Gasteiger partial charge is 0.254 e. The van der Waals surface area contributed by atoms with Crippen LogP contribution in [0.15, 0.2) is 18.7 Å². The van der Waals surface area contributed by atoms with Gasteiger partial charge < -0.3 is 10.6 Å². The number of nitrogens with one attached hydrogen (secondary N) is 2. The molecule has 5 nitrogen and oxygen atoms in total. The summed E-state index contributed by atoms with van der Waals surface area (Å²) in [6.45, 7) is 0. The van der Waals surface area contributed by atoms with E-state index in [2.05, 4.69) is 20.6 Å². The van der Waals surface area contributed by atoms with Crippen molar-refractivity contribution in [2.24, 2.45) is 0 Å². The number of piperidine rings is 1. The fourth-order valence-corrected chi connectivity index (χ4v) is 2.86. The second-order valence-corrected chi connectivity index (χ2v) is 4.91. The minimum Gasteiger partial charge on any atom is -0.349 e. The molecule has 2 N–H and O–H groups in total. The Kier molecular flexibility index (Phi) is 2.76. The number of hydrogen-bond acceptors (Lipinski definition) is 4. The molecule has 3 heterocycles. The van der Waals surface area contributed by atoms with Gasteiger partial charge in [-0.3, -0.25) is 4.79 Å². The molecule has 0 spiro atoms. The zero-order valence-electron chi connectivity index (χ0n) is 9.60. The van der Waals surface area contributed by atoms with Crippen LogP contribution in [0.4, 0.5) is 0 Å². The van der Waals surface area contributed by atoms with Gasteiger partial charge in [0.15, 0.2) is 0 Å². The first-order valence-corrected chi connectivity index (χ1v) is 6.13. The van der Waals surface area contributed by atoms with E-state index in [1.807, 2.05) is 0 Å². The number of aromatic nitrogens is 2. The molecule has 17 heavy (non-hydrogen) atoms. The topological polar surface area (TPSA) is 66.9 Å². The van der Waals surface area contributed by atoms with Crippen LogP contribution in [-0.4, -0.2) is 34.0 Å². The molecule has 2 saturated heterocycles. The summed E-state index contributed by atoms with van der Waals surface area (Å²) in [5.41, 5.74) is 0.540. The number of fused-ring (bicyclic) bond motifs is 2. The van der Waals surface area contributed by atoms with Crippen LogP contribution in [0, 0.1) is 0 Å². The standard InChI is InChI=1S/C12H16N4O/c17-12(8-5-13-7-14-6-8)16-11-3-9-1-2-10(4-11)15-9/h5-7,9-11,15H,1-4H2,(H,16,17). The molecule has 2 aliphatic rings. The van der Waals surface area contributed by atoms with Crippen LogP contribution < -0.4 is 10.6 Å². The molecule has 2 atom stereocenters. The maximum absolute atomic E-state index is 11.9. The molecule has 2 aliphatic heterocycles. The third kappa shape index (κ3) is 2.29. The fourth-order valence-electron chi connectivity index (χ4n) is 2.86. The maximum Gasteiger partial charge on any atom is 0.254 e. The van der Waals surface area contributed by atoms with E-state index in [4.69, 9.17) is 0 Å². The summed E-state index contributed by atoms with van der Waals surface area (Å²) in [6.07, 6.45) is 9.10. The van der Waals surface area contributed by atoms with Crippen molar-refractivity contribution in [3.05, 3.63) is 24.3 Å². The molecule has 90 valence electrons. The molecule has 1 aromatic heterocycles. The van der Waals surface area contributed by atoms with E-state index >= 15 is 0 Å². The number of carbonyl (C=O) groups excluding carboxylic acids is 1. The lowest BCUT2D eigenvalue weighted by Crippen LogP contribution is -2.48. The molecule has 3 rings (SSSR count). The van der Waals surface area contributed by atoms with Crippen LogP contribution in [0.5, 0.6) is 0 Å². The summed E-state index contributed by atoms with van der Waals surface area (Å²) >= 11 is 0. The summed E-state index contributed by atoms with van der Waals surface area (Å²) in [5.74, 6) is -0.0584. The van der Waals surface area contributed by atoms with E-state index in [1.165, 1.54) is 19.2 Å². The Bertz CT molecular complexity index is 396. The second-order valence-electron chi connectivity index (χ2n) is 4.91. The van der Waals surface area contributed by atoms with E-state index in [9.17, 15) is 4.79 Å². The van der Waals surface area contributed by atoms with Gasteiger partial charge in [-0.05, 0) is 25.7 Å². The van der Waals surface area contributed by atoms with Crippen molar-refractivity contribution in [3.63, 3.8) is 0 Å². The monoisotopic (exact) mass is 232 g/mol. The van der Waals surface area contributed by atoms with Gasteiger partial charge in [-0.15, -0.1) is 0 Å². The lowest BCUT2D eigenvalue weighted by molar-refractivity contribution is 0.0923. The highest BCUT2D eigenvalue weighted by molar-refractivity contribution is 5.93. The van der Waals surface area contributed by atoms with Crippen molar-refractivity contribution in [1.82, 2.24) is 20.6 Å². The highest BCUT2D eigenvalue weighted by Gasteiger charge is 2.34. The number of carbonyl (C=O) groups is 1. The maximum atomic E-state index is 11.9. The predicted octanol–water partition coefficient (Wildman–Crippen LogP) is 0.489. The number of hydrogen-bond donors (Lipinski definition) is 2. The molecule has 2 unspecified atom stereocenters. The van der Waals surface area contributed by atoms with Gasteiger partial charge in [-0.1, -0.05) is 0 Å². The zero-order chi connectivity index (χ0) is 11.7. The van der Waals surface area contributed by atoms with E-state index in [-0.39, 0.29) is 5.91 Å². The van der Waals surface area contributed by atoms with Gasteiger partial charge in [0.05, 0.1) is 5.56 Å². The normalized spacial score (nSPS) is 31.2. The summed E-state index contributed by atoms with van der Waals surface area (Å²) in [5, 5.41) is 6.63. The number of rotatable bonds is 2. The third-order valence-electron chi connectivity index (χ3n) is 3.63. The summed E-state index contributed by atoms with van der Waals surface area (Å²) < 4.78 is 0. The minimum absolute atomic E-state index is 0.0584. The summed E-state index contributed by atoms with van der Waals surface area (Å²) in [7, 11) is 0. The molecule has 0 aliphatic carbocycles. The number of amides is 1. The van der Waals surface area contributed by atoms with Gasteiger partial charge in [0.1, 0.15) is 6.33 Å². The van der Waals surface area contributed by atoms with Gasteiger partial charge >= 0.3 is 0 Å². The third-order valence-corrected chi connectivity index (χ3v) is 3.63. The fraction of sp³-hybridized carbons (Fsp3) is 0.583. The van der Waals surface area contributed by atoms with Gasteiger partial charge in [0.2, 0.25) is 0 Å². The Balaban J connectivity index is 1.62. The van der Waals surface area contributed by atoms with Crippen LogP contribution in [0.2, 0.25) is 0 Å². The molecule has 0 saturated carbocycles. The number of nitrogens with zero attached hydrogens (tertiary/aromatic N) is 2. The predicted molar refractivity (Wildman–Crippen MR) is 62.5 cm³/mol.